The largest absolute Gasteiger partial charge is 0.496 e. The summed E-state index contributed by atoms with van der Waals surface area (Å²) in [7, 11) is 1.58. The van der Waals surface area contributed by atoms with Crippen molar-refractivity contribution in [1.82, 2.24) is 0 Å². The molecule has 1 atom stereocenters. The van der Waals surface area contributed by atoms with Gasteiger partial charge in [0, 0.05) is 22.1 Å². The van der Waals surface area contributed by atoms with Gasteiger partial charge in [-0.25, -0.2) is 0 Å². The van der Waals surface area contributed by atoms with Crippen LogP contribution in [0.3, 0.4) is 0 Å². The van der Waals surface area contributed by atoms with Gasteiger partial charge in [0.15, 0.2) is 5.78 Å². The molecule has 0 fully saturated rings. The molecule has 104 valence electrons. The predicted molar refractivity (Wildman–Crippen MR) is 76.0 cm³/mol. The van der Waals surface area contributed by atoms with E-state index in [0.29, 0.717) is 11.3 Å². The van der Waals surface area contributed by atoms with Crippen molar-refractivity contribution in [2.24, 2.45) is 0 Å². The van der Waals surface area contributed by atoms with Crippen LogP contribution in [0.25, 0.3) is 0 Å². The Morgan fingerprint density at radius 2 is 2.11 bits per heavy atom. The van der Waals surface area contributed by atoms with Gasteiger partial charge in [0.2, 0.25) is 0 Å². The summed E-state index contributed by atoms with van der Waals surface area (Å²) in [5.41, 5.74) is 1.56. The minimum absolute atomic E-state index is 0.00693. The van der Waals surface area contributed by atoms with Gasteiger partial charge in [-0.15, -0.1) is 0 Å². The van der Waals surface area contributed by atoms with E-state index >= 15 is 0 Å². The number of hydrogen-bond acceptors (Lipinski definition) is 4. The molecular weight excluding hydrogens is 264 g/mol. The molecule has 0 bridgehead atoms. The Labute approximate surface area is 117 Å². The molecule has 0 radical (unpaired) electrons. The van der Waals surface area contributed by atoms with Crippen LogP contribution in [-0.4, -0.2) is 29.2 Å². The van der Waals surface area contributed by atoms with Crippen molar-refractivity contribution in [1.29, 1.82) is 0 Å². The number of carbonyl (C=O) groups is 2. The van der Waals surface area contributed by atoms with Crippen molar-refractivity contribution >= 4 is 23.5 Å². The van der Waals surface area contributed by atoms with Crippen LogP contribution in [0.15, 0.2) is 18.2 Å². The standard InChI is InChI=1S/C14H18O4S/c1-9(6-14(16)17)19-8-12-7-11(10(2)15)4-5-13(12)18-3/h4-5,7,9H,6,8H2,1-3H3,(H,16,17). The fourth-order valence-electron chi connectivity index (χ4n) is 1.65. The first-order valence-electron chi connectivity index (χ1n) is 5.95. The summed E-state index contributed by atoms with van der Waals surface area (Å²) < 4.78 is 5.25. The van der Waals surface area contributed by atoms with Gasteiger partial charge in [-0.05, 0) is 25.1 Å². The Hall–Kier alpha value is -1.49. The highest BCUT2D eigenvalue weighted by Gasteiger charge is 2.11. The zero-order chi connectivity index (χ0) is 14.4. The lowest BCUT2D eigenvalue weighted by atomic mass is 10.1. The number of carboxylic acid groups (broad SMARTS) is 1. The number of benzene rings is 1. The number of carbonyl (C=O) groups excluding carboxylic acids is 1. The number of thioether (sulfide) groups is 1. The summed E-state index contributed by atoms with van der Waals surface area (Å²) >= 11 is 1.54. The highest BCUT2D eigenvalue weighted by molar-refractivity contribution is 7.99. The molecular formula is C14H18O4S. The van der Waals surface area contributed by atoms with E-state index in [1.165, 1.54) is 18.7 Å². The van der Waals surface area contributed by atoms with E-state index in [2.05, 4.69) is 0 Å². The average molecular weight is 282 g/mol. The Bertz CT molecular complexity index is 471. The fraction of sp³-hybridized carbons (Fsp3) is 0.429. The topological polar surface area (TPSA) is 63.6 Å². The van der Waals surface area contributed by atoms with Crippen molar-refractivity contribution < 1.29 is 19.4 Å². The molecule has 0 aromatic heterocycles. The maximum atomic E-state index is 11.4. The molecule has 1 unspecified atom stereocenters. The molecule has 1 N–H and O–H groups in total. The molecule has 1 aromatic carbocycles. The number of hydrogen-bond donors (Lipinski definition) is 1. The third-order valence-electron chi connectivity index (χ3n) is 2.67. The fourth-order valence-corrected chi connectivity index (χ4v) is 2.60. The van der Waals surface area contributed by atoms with Gasteiger partial charge in [0.05, 0.1) is 13.5 Å². The first-order valence-corrected chi connectivity index (χ1v) is 7.00. The molecule has 0 saturated heterocycles. The number of Topliss-reactive ketones (excluding diaryl/α,β-unsaturated/α-hetero) is 1. The molecule has 4 nitrogen and oxygen atoms in total. The average Bonchev–Trinajstić information content (AvgIpc) is 2.35. The van der Waals surface area contributed by atoms with Crippen LogP contribution < -0.4 is 4.74 Å². The number of ketones is 1. The quantitative estimate of drug-likeness (QED) is 0.779. The van der Waals surface area contributed by atoms with Gasteiger partial charge in [0.25, 0.3) is 0 Å². The van der Waals surface area contributed by atoms with Crippen LogP contribution in [0.1, 0.15) is 36.2 Å². The van der Waals surface area contributed by atoms with E-state index in [-0.39, 0.29) is 17.5 Å². The minimum atomic E-state index is -0.801. The van der Waals surface area contributed by atoms with Crippen molar-refractivity contribution in [2.45, 2.75) is 31.3 Å². The van der Waals surface area contributed by atoms with E-state index < -0.39 is 5.97 Å². The maximum Gasteiger partial charge on any atom is 0.304 e. The van der Waals surface area contributed by atoms with Crippen LogP contribution in [0.2, 0.25) is 0 Å². The maximum absolute atomic E-state index is 11.4. The van der Waals surface area contributed by atoms with E-state index in [0.717, 1.165) is 11.3 Å². The number of methoxy groups -OCH3 is 1. The zero-order valence-electron chi connectivity index (χ0n) is 11.3. The molecule has 0 heterocycles. The Morgan fingerprint density at radius 3 is 2.63 bits per heavy atom. The molecule has 0 spiro atoms. The van der Waals surface area contributed by atoms with Gasteiger partial charge >= 0.3 is 5.97 Å². The third-order valence-corrected chi connectivity index (χ3v) is 3.89. The Balaban J connectivity index is 2.77. The molecule has 0 aliphatic rings. The summed E-state index contributed by atoms with van der Waals surface area (Å²) in [5, 5.41) is 8.73. The molecule has 19 heavy (non-hydrogen) atoms. The summed E-state index contributed by atoms with van der Waals surface area (Å²) in [4.78, 5) is 22.0. The second-order valence-corrected chi connectivity index (χ2v) is 5.73. The normalized spacial score (nSPS) is 11.9. The predicted octanol–water partition coefficient (Wildman–Crippen LogP) is 2.99. The van der Waals surface area contributed by atoms with Crippen molar-refractivity contribution in [2.75, 3.05) is 7.11 Å². The summed E-state index contributed by atoms with van der Waals surface area (Å²) in [6.07, 6.45) is 0.124. The number of carboxylic acids is 1. The molecule has 0 amide bonds. The molecule has 1 aromatic rings. The highest BCUT2D eigenvalue weighted by Crippen LogP contribution is 2.27. The smallest absolute Gasteiger partial charge is 0.304 e. The van der Waals surface area contributed by atoms with Crippen LogP contribution in [0, 0.1) is 0 Å². The first-order chi connectivity index (χ1) is 8.93. The lowest BCUT2D eigenvalue weighted by Crippen LogP contribution is -2.06. The zero-order valence-corrected chi connectivity index (χ0v) is 12.1. The molecule has 5 heteroatoms. The molecule has 0 aliphatic carbocycles. The minimum Gasteiger partial charge on any atom is -0.496 e. The second kappa shape index (κ2) is 7.19. The molecule has 0 saturated carbocycles. The van der Waals surface area contributed by atoms with Gasteiger partial charge < -0.3 is 9.84 Å². The van der Waals surface area contributed by atoms with E-state index in [9.17, 15) is 9.59 Å². The van der Waals surface area contributed by atoms with Gasteiger partial charge in [-0.2, -0.15) is 11.8 Å². The van der Waals surface area contributed by atoms with Crippen LogP contribution in [-0.2, 0) is 10.5 Å². The van der Waals surface area contributed by atoms with Crippen molar-refractivity contribution in [3.8, 4) is 5.75 Å². The highest BCUT2D eigenvalue weighted by atomic mass is 32.2. The van der Waals surface area contributed by atoms with E-state index in [1.54, 1.807) is 19.2 Å². The lowest BCUT2D eigenvalue weighted by molar-refractivity contribution is -0.136. The lowest BCUT2D eigenvalue weighted by Gasteiger charge is -2.12. The van der Waals surface area contributed by atoms with Crippen molar-refractivity contribution in [3.63, 3.8) is 0 Å². The SMILES string of the molecule is COc1ccc(C(C)=O)cc1CSC(C)CC(=O)O. The van der Waals surface area contributed by atoms with E-state index in [1.807, 2.05) is 13.0 Å². The van der Waals surface area contributed by atoms with Gasteiger partial charge in [-0.1, -0.05) is 6.92 Å². The number of ether oxygens (including phenoxy) is 1. The van der Waals surface area contributed by atoms with Crippen LogP contribution >= 0.6 is 11.8 Å². The Morgan fingerprint density at radius 1 is 1.42 bits per heavy atom. The number of aliphatic carboxylic acids is 1. The van der Waals surface area contributed by atoms with Gasteiger partial charge in [-0.3, -0.25) is 9.59 Å². The van der Waals surface area contributed by atoms with Crippen LogP contribution in [0.4, 0.5) is 0 Å². The molecule has 1 rings (SSSR count). The monoisotopic (exact) mass is 282 g/mol. The second-order valence-electron chi connectivity index (χ2n) is 4.30. The van der Waals surface area contributed by atoms with Gasteiger partial charge in [0.1, 0.15) is 5.75 Å². The number of rotatable bonds is 7. The third kappa shape index (κ3) is 4.95. The summed E-state index contributed by atoms with van der Waals surface area (Å²) in [6, 6.07) is 5.31. The summed E-state index contributed by atoms with van der Waals surface area (Å²) in [5.74, 6) is 0.551. The van der Waals surface area contributed by atoms with E-state index in [4.69, 9.17) is 9.84 Å². The van der Waals surface area contributed by atoms with Crippen LogP contribution in [0.5, 0.6) is 5.75 Å². The Kier molecular flexibility index (Phi) is 5.89. The first kappa shape index (κ1) is 15.6. The summed E-state index contributed by atoms with van der Waals surface area (Å²) in [6.45, 7) is 3.39. The molecule has 0 aliphatic heterocycles. The van der Waals surface area contributed by atoms with Crippen molar-refractivity contribution in [3.05, 3.63) is 29.3 Å².